The van der Waals surface area contributed by atoms with Crippen LogP contribution in [0, 0.1) is 12.8 Å². The SMILES string of the molecule is Cc1c(N)nnn1CC1CCOCC1. The van der Waals surface area contributed by atoms with E-state index in [9.17, 15) is 0 Å². The molecule has 2 rings (SSSR count). The summed E-state index contributed by atoms with van der Waals surface area (Å²) in [5.41, 5.74) is 6.60. The van der Waals surface area contributed by atoms with E-state index in [-0.39, 0.29) is 0 Å². The highest BCUT2D eigenvalue weighted by atomic mass is 16.5. The van der Waals surface area contributed by atoms with Gasteiger partial charge in [0.05, 0.1) is 5.69 Å². The van der Waals surface area contributed by atoms with Crippen molar-refractivity contribution >= 4 is 5.82 Å². The lowest BCUT2D eigenvalue weighted by Crippen LogP contribution is -2.21. The summed E-state index contributed by atoms with van der Waals surface area (Å²) in [5, 5.41) is 7.85. The van der Waals surface area contributed by atoms with Crippen molar-refractivity contribution in [1.82, 2.24) is 15.0 Å². The van der Waals surface area contributed by atoms with E-state index in [2.05, 4.69) is 10.3 Å². The first-order valence-electron chi connectivity index (χ1n) is 5.00. The third-order valence-corrected chi connectivity index (χ3v) is 2.79. The first-order valence-corrected chi connectivity index (χ1v) is 5.00. The quantitative estimate of drug-likeness (QED) is 0.752. The fraction of sp³-hybridized carbons (Fsp3) is 0.778. The van der Waals surface area contributed by atoms with Crippen molar-refractivity contribution in [3.63, 3.8) is 0 Å². The summed E-state index contributed by atoms with van der Waals surface area (Å²) in [5.74, 6) is 1.20. The standard InChI is InChI=1S/C9H16N4O/c1-7-9(10)11-12-13(7)6-8-2-4-14-5-3-8/h8H,2-6,10H2,1H3. The third kappa shape index (κ3) is 1.87. The van der Waals surface area contributed by atoms with Gasteiger partial charge in [-0.1, -0.05) is 5.21 Å². The molecule has 0 spiro atoms. The predicted octanol–water partition coefficient (Wildman–Crippen LogP) is 0.595. The van der Waals surface area contributed by atoms with Gasteiger partial charge in [-0.3, -0.25) is 0 Å². The fourth-order valence-electron chi connectivity index (χ4n) is 1.72. The number of hydrogen-bond donors (Lipinski definition) is 1. The largest absolute Gasteiger partial charge is 0.381 e. The zero-order valence-electron chi connectivity index (χ0n) is 8.44. The Bertz CT molecular complexity index is 304. The zero-order chi connectivity index (χ0) is 9.97. The maximum Gasteiger partial charge on any atom is 0.168 e. The molecule has 0 radical (unpaired) electrons. The number of nitrogens with two attached hydrogens (primary N) is 1. The summed E-state index contributed by atoms with van der Waals surface area (Å²) in [7, 11) is 0. The van der Waals surface area contributed by atoms with Crippen molar-refractivity contribution in [2.75, 3.05) is 18.9 Å². The van der Waals surface area contributed by atoms with E-state index in [0.29, 0.717) is 11.7 Å². The second kappa shape index (κ2) is 3.96. The molecule has 0 saturated carbocycles. The molecule has 14 heavy (non-hydrogen) atoms. The minimum atomic E-state index is 0.539. The zero-order valence-corrected chi connectivity index (χ0v) is 8.44. The monoisotopic (exact) mass is 196 g/mol. The maximum absolute atomic E-state index is 5.63. The molecule has 1 saturated heterocycles. The topological polar surface area (TPSA) is 66.0 Å². The van der Waals surface area contributed by atoms with Gasteiger partial charge in [0.2, 0.25) is 0 Å². The molecule has 1 aromatic rings. The van der Waals surface area contributed by atoms with Gasteiger partial charge in [0, 0.05) is 19.8 Å². The summed E-state index contributed by atoms with van der Waals surface area (Å²) in [4.78, 5) is 0. The number of hydrogen-bond acceptors (Lipinski definition) is 4. The molecule has 5 heteroatoms. The van der Waals surface area contributed by atoms with Gasteiger partial charge in [-0.05, 0) is 25.7 Å². The Balaban J connectivity index is 1.99. The molecule has 0 bridgehead atoms. The predicted molar refractivity (Wildman–Crippen MR) is 52.7 cm³/mol. The average molecular weight is 196 g/mol. The first-order chi connectivity index (χ1) is 6.77. The summed E-state index contributed by atoms with van der Waals surface area (Å²) in [6.07, 6.45) is 2.22. The fourth-order valence-corrected chi connectivity index (χ4v) is 1.72. The minimum Gasteiger partial charge on any atom is -0.381 e. The van der Waals surface area contributed by atoms with Gasteiger partial charge < -0.3 is 10.5 Å². The Morgan fingerprint density at radius 1 is 1.50 bits per heavy atom. The summed E-state index contributed by atoms with van der Waals surface area (Å²) in [6.45, 7) is 4.61. The maximum atomic E-state index is 5.63. The van der Waals surface area contributed by atoms with Gasteiger partial charge in [0.25, 0.3) is 0 Å². The van der Waals surface area contributed by atoms with E-state index in [1.807, 2.05) is 11.6 Å². The van der Waals surface area contributed by atoms with Crippen molar-refractivity contribution in [3.8, 4) is 0 Å². The van der Waals surface area contributed by atoms with Crippen LogP contribution in [0.15, 0.2) is 0 Å². The highest BCUT2D eigenvalue weighted by Gasteiger charge is 2.16. The smallest absolute Gasteiger partial charge is 0.168 e. The molecule has 0 aromatic carbocycles. The van der Waals surface area contributed by atoms with Gasteiger partial charge in [-0.15, -0.1) is 5.10 Å². The van der Waals surface area contributed by atoms with Crippen LogP contribution in [-0.4, -0.2) is 28.2 Å². The van der Waals surface area contributed by atoms with Crippen molar-refractivity contribution in [2.24, 2.45) is 5.92 Å². The number of nitrogen functional groups attached to an aromatic ring is 1. The van der Waals surface area contributed by atoms with Crippen molar-refractivity contribution in [1.29, 1.82) is 0 Å². The van der Waals surface area contributed by atoms with Crippen LogP contribution in [0.5, 0.6) is 0 Å². The van der Waals surface area contributed by atoms with Crippen molar-refractivity contribution in [3.05, 3.63) is 5.69 Å². The minimum absolute atomic E-state index is 0.539. The Morgan fingerprint density at radius 3 is 2.79 bits per heavy atom. The van der Waals surface area contributed by atoms with Crippen LogP contribution in [0.4, 0.5) is 5.82 Å². The molecule has 1 fully saturated rings. The van der Waals surface area contributed by atoms with E-state index in [0.717, 1.165) is 38.3 Å². The second-order valence-electron chi connectivity index (χ2n) is 3.80. The molecule has 0 amide bonds. The van der Waals surface area contributed by atoms with Crippen LogP contribution < -0.4 is 5.73 Å². The number of nitrogens with zero attached hydrogens (tertiary/aromatic N) is 3. The number of anilines is 1. The molecule has 5 nitrogen and oxygen atoms in total. The van der Waals surface area contributed by atoms with Gasteiger partial charge in [-0.25, -0.2) is 4.68 Å². The number of rotatable bonds is 2. The van der Waals surface area contributed by atoms with Crippen molar-refractivity contribution in [2.45, 2.75) is 26.3 Å². The normalized spacial score (nSPS) is 18.6. The molecule has 1 aromatic heterocycles. The lowest BCUT2D eigenvalue weighted by molar-refractivity contribution is 0.0598. The molecule has 78 valence electrons. The Kier molecular flexibility index (Phi) is 2.67. The molecule has 0 aliphatic carbocycles. The van der Waals surface area contributed by atoms with Crippen molar-refractivity contribution < 1.29 is 4.74 Å². The van der Waals surface area contributed by atoms with Gasteiger partial charge >= 0.3 is 0 Å². The lowest BCUT2D eigenvalue weighted by atomic mass is 10.0. The highest BCUT2D eigenvalue weighted by Crippen LogP contribution is 2.17. The average Bonchev–Trinajstić information content (AvgIpc) is 2.52. The highest BCUT2D eigenvalue weighted by molar-refractivity contribution is 5.31. The Labute approximate surface area is 83.2 Å². The van der Waals surface area contributed by atoms with Crippen LogP contribution in [0.2, 0.25) is 0 Å². The molecular weight excluding hydrogens is 180 g/mol. The van der Waals surface area contributed by atoms with E-state index in [1.54, 1.807) is 0 Å². The molecule has 0 unspecified atom stereocenters. The number of ether oxygens (including phenoxy) is 1. The lowest BCUT2D eigenvalue weighted by Gasteiger charge is -2.21. The summed E-state index contributed by atoms with van der Waals surface area (Å²) < 4.78 is 7.20. The first kappa shape index (κ1) is 9.45. The van der Waals surface area contributed by atoms with Gasteiger partial charge in [0.15, 0.2) is 5.82 Å². The van der Waals surface area contributed by atoms with E-state index >= 15 is 0 Å². The third-order valence-electron chi connectivity index (χ3n) is 2.79. The Morgan fingerprint density at radius 2 is 2.21 bits per heavy atom. The Hall–Kier alpha value is -1.10. The van der Waals surface area contributed by atoms with E-state index in [1.165, 1.54) is 0 Å². The number of aromatic nitrogens is 3. The molecule has 2 N–H and O–H groups in total. The molecule has 1 aliphatic heterocycles. The summed E-state index contributed by atoms with van der Waals surface area (Å²) in [6, 6.07) is 0. The van der Waals surface area contributed by atoms with E-state index in [4.69, 9.17) is 10.5 Å². The molecule has 1 aliphatic rings. The summed E-state index contributed by atoms with van der Waals surface area (Å²) >= 11 is 0. The molecule has 0 atom stereocenters. The van der Waals surface area contributed by atoms with Crippen LogP contribution in [0.25, 0.3) is 0 Å². The molecule has 2 heterocycles. The van der Waals surface area contributed by atoms with Crippen LogP contribution in [-0.2, 0) is 11.3 Å². The second-order valence-corrected chi connectivity index (χ2v) is 3.80. The van der Waals surface area contributed by atoms with Gasteiger partial charge in [0.1, 0.15) is 0 Å². The molecular formula is C9H16N4O. The van der Waals surface area contributed by atoms with E-state index < -0.39 is 0 Å². The van der Waals surface area contributed by atoms with Crippen LogP contribution >= 0.6 is 0 Å². The van der Waals surface area contributed by atoms with Gasteiger partial charge in [-0.2, -0.15) is 0 Å². The van der Waals surface area contributed by atoms with Crippen LogP contribution in [0.1, 0.15) is 18.5 Å². The van der Waals surface area contributed by atoms with Crippen LogP contribution in [0.3, 0.4) is 0 Å².